The number of hydrogen-bond donors (Lipinski definition) is 0. The van der Waals surface area contributed by atoms with Crippen LogP contribution in [0.1, 0.15) is 21.5 Å². The van der Waals surface area contributed by atoms with Gasteiger partial charge in [0.2, 0.25) is 0 Å². The first-order valence-electron chi connectivity index (χ1n) is 6.68. The number of carbonyl (C=O) groups is 1. The summed E-state index contributed by atoms with van der Waals surface area (Å²) in [5.74, 6) is -0.724. The zero-order chi connectivity index (χ0) is 17.7. The Bertz CT molecular complexity index is 767. The predicted molar refractivity (Wildman–Crippen MR) is 80.4 cm³/mol. The molecule has 0 radical (unpaired) electrons. The monoisotopic (exact) mass is 340 g/mol. The van der Waals surface area contributed by atoms with E-state index < -0.39 is 17.9 Å². The van der Waals surface area contributed by atoms with Gasteiger partial charge in [0.15, 0.2) is 0 Å². The van der Waals surface area contributed by atoms with Gasteiger partial charge in [-0.05, 0) is 41.5 Å². The lowest BCUT2D eigenvalue weighted by Gasteiger charge is -2.10. The fourth-order valence-corrected chi connectivity index (χ4v) is 1.99. The molecule has 126 valence electrons. The van der Waals surface area contributed by atoms with Gasteiger partial charge in [0.25, 0.3) is 0 Å². The molecule has 2 rings (SSSR count). The quantitative estimate of drug-likeness (QED) is 0.449. The van der Waals surface area contributed by atoms with E-state index in [1.807, 2.05) is 0 Å². The SMILES string of the molecule is COc1cc(F)cc(/C=C/c2cc(C=O)cc(OC(F)(F)F)c2)c1. The topological polar surface area (TPSA) is 35.5 Å². The molecule has 0 heterocycles. The number of rotatable bonds is 5. The molecule has 2 aromatic carbocycles. The summed E-state index contributed by atoms with van der Waals surface area (Å²) in [6.45, 7) is 0. The largest absolute Gasteiger partial charge is 0.573 e. The van der Waals surface area contributed by atoms with Crippen LogP contribution in [0.4, 0.5) is 17.6 Å². The fraction of sp³-hybridized carbons (Fsp3) is 0.118. The highest BCUT2D eigenvalue weighted by atomic mass is 19.4. The molecular weight excluding hydrogens is 328 g/mol. The normalized spacial score (nSPS) is 11.5. The third kappa shape index (κ3) is 5.12. The Morgan fingerprint density at radius 2 is 1.46 bits per heavy atom. The van der Waals surface area contributed by atoms with E-state index in [1.54, 1.807) is 6.07 Å². The van der Waals surface area contributed by atoms with Crippen LogP contribution < -0.4 is 9.47 Å². The zero-order valence-electron chi connectivity index (χ0n) is 12.4. The van der Waals surface area contributed by atoms with E-state index in [9.17, 15) is 22.4 Å². The van der Waals surface area contributed by atoms with E-state index in [0.29, 0.717) is 23.2 Å². The first-order chi connectivity index (χ1) is 11.3. The van der Waals surface area contributed by atoms with Gasteiger partial charge in [0.05, 0.1) is 7.11 Å². The van der Waals surface area contributed by atoms with Crippen molar-refractivity contribution in [2.45, 2.75) is 6.36 Å². The van der Waals surface area contributed by atoms with E-state index in [2.05, 4.69) is 4.74 Å². The molecule has 0 amide bonds. The molecule has 0 saturated heterocycles. The molecule has 0 bridgehead atoms. The van der Waals surface area contributed by atoms with Crippen molar-refractivity contribution in [3.63, 3.8) is 0 Å². The first kappa shape index (κ1) is 17.5. The molecule has 3 nitrogen and oxygen atoms in total. The van der Waals surface area contributed by atoms with Crippen LogP contribution in [0.25, 0.3) is 12.2 Å². The van der Waals surface area contributed by atoms with Gasteiger partial charge in [-0.1, -0.05) is 12.2 Å². The summed E-state index contributed by atoms with van der Waals surface area (Å²) in [5.41, 5.74) is 0.761. The van der Waals surface area contributed by atoms with Crippen LogP contribution in [0.2, 0.25) is 0 Å². The number of hydrogen-bond acceptors (Lipinski definition) is 3. The van der Waals surface area contributed by atoms with E-state index in [0.717, 1.165) is 12.1 Å². The van der Waals surface area contributed by atoms with Crippen molar-refractivity contribution < 1.29 is 31.8 Å². The average molecular weight is 340 g/mol. The molecule has 0 aliphatic carbocycles. The van der Waals surface area contributed by atoms with Crippen LogP contribution in [0, 0.1) is 5.82 Å². The summed E-state index contributed by atoms with van der Waals surface area (Å²) < 4.78 is 59.1. The van der Waals surface area contributed by atoms with Crippen LogP contribution in [0.5, 0.6) is 11.5 Å². The molecule has 24 heavy (non-hydrogen) atoms. The minimum Gasteiger partial charge on any atom is -0.497 e. The van der Waals surface area contributed by atoms with Crippen molar-refractivity contribution >= 4 is 18.4 Å². The maximum atomic E-state index is 13.4. The number of aldehydes is 1. The highest BCUT2D eigenvalue weighted by Gasteiger charge is 2.31. The standard InChI is InChI=1S/C17H12F4O3/c1-23-15-6-12(5-14(18)9-15)3-2-11-4-13(10-22)8-16(7-11)24-17(19,20)21/h2-10H,1H3/b3-2+. The second-order valence-electron chi connectivity index (χ2n) is 4.76. The number of benzene rings is 2. The Morgan fingerprint density at radius 1 is 0.875 bits per heavy atom. The van der Waals surface area contributed by atoms with Crippen LogP contribution in [-0.4, -0.2) is 19.8 Å². The fourth-order valence-electron chi connectivity index (χ4n) is 1.99. The van der Waals surface area contributed by atoms with E-state index in [1.165, 1.54) is 37.5 Å². The summed E-state index contributed by atoms with van der Waals surface area (Å²) in [4.78, 5) is 10.9. The number of alkyl halides is 3. The molecule has 2 aromatic rings. The van der Waals surface area contributed by atoms with Gasteiger partial charge in [0, 0.05) is 11.6 Å². The van der Waals surface area contributed by atoms with Gasteiger partial charge in [-0.25, -0.2) is 4.39 Å². The summed E-state index contributed by atoms with van der Waals surface area (Å²) in [7, 11) is 1.39. The second-order valence-corrected chi connectivity index (χ2v) is 4.76. The van der Waals surface area contributed by atoms with Crippen LogP contribution in [-0.2, 0) is 0 Å². The van der Waals surface area contributed by atoms with Crippen molar-refractivity contribution in [2.75, 3.05) is 7.11 Å². The molecule has 7 heteroatoms. The summed E-state index contributed by atoms with van der Waals surface area (Å²) in [6, 6.07) is 7.45. The van der Waals surface area contributed by atoms with Crippen molar-refractivity contribution in [3.05, 3.63) is 58.9 Å². The Hall–Kier alpha value is -2.83. The number of carbonyl (C=O) groups excluding carboxylic acids is 1. The minimum atomic E-state index is -4.86. The summed E-state index contributed by atoms with van der Waals surface area (Å²) >= 11 is 0. The van der Waals surface area contributed by atoms with Crippen LogP contribution >= 0.6 is 0 Å². The maximum absolute atomic E-state index is 13.4. The second kappa shape index (κ2) is 7.16. The molecule has 0 aromatic heterocycles. The van der Waals surface area contributed by atoms with Crippen LogP contribution in [0.3, 0.4) is 0 Å². The smallest absolute Gasteiger partial charge is 0.497 e. The third-order valence-electron chi connectivity index (χ3n) is 2.92. The van der Waals surface area contributed by atoms with E-state index >= 15 is 0 Å². The molecule has 0 aliphatic heterocycles. The number of halogens is 4. The Morgan fingerprint density at radius 3 is 2.04 bits per heavy atom. The number of methoxy groups -OCH3 is 1. The van der Waals surface area contributed by atoms with Gasteiger partial charge in [-0.3, -0.25) is 4.79 Å². The first-order valence-corrected chi connectivity index (χ1v) is 6.68. The van der Waals surface area contributed by atoms with Gasteiger partial charge in [-0.2, -0.15) is 0 Å². The Balaban J connectivity index is 2.33. The highest BCUT2D eigenvalue weighted by molar-refractivity contribution is 5.79. The van der Waals surface area contributed by atoms with Gasteiger partial charge < -0.3 is 9.47 Å². The van der Waals surface area contributed by atoms with E-state index in [4.69, 9.17) is 4.74 Å². The highest BCUT2D eigenvalue weighted by Crippen LogP contribution is 2.26. The minimum absolute atomic E-state index is 0.0215. The molecule has 0 N–H and O–H groups in total. The molecule has 0 aliphatic rings. The lowest BCUT2D eigenvalue weighted by Crippen LogP contribution is -2.17. The van der Waals surface area contributed by atoms with Crippen LogP contribution in [0.15, 0.2) is 36.4 Å². The molecular formula is C17H12F4O3. The van der Waals surface area contributed by atoms with Crippen molar-refractivity contribution in [1.29, 1.82) is 0 Å². The van der Waals surface area contributed by atoms with Gasteiger partial charge >= 0.3 is 6.36 Å². The lowest BCUT2D eigenvalue weighted by molar-refractivity contribution is -0.274. The number of ether oxygens (including phenoxy) is 2. The lowest BCUT2D eigenvalue weighted by atomic mass is 10.1. The molecule has 0 spiro atoms. The zero-order valence-corrected chi connectivity index (χ0v) is 12.4. The van der Waals surface area contributed by atoms with Gasteiger partial charge in [0.1, 0.15) is 23.6 Å². The maximum Gasteiger partial charge on any atom is 0.573 e. The molecule has 0 fully saturated rings. The predicted octanol–water partition coefficient (Wildman–Crippen LogP) is 4.72. The molecule has 0 saturated carbocycles. The Labute approximate surface area is 135 Å². The van der Waals surface area contributed by atoms with Crippen molar-refractivity contribution in [2.24, 2.45) is 0 Å². The molecule has 0 atom stereocenters. The Kier molecular flexibility index (Phi) is 5.23. The van der Waals surface area contributed by atoms with Crippen molar-refractivity contribution in [3.8, 4) is 11.5 Å². The molecule has 0 unspecified atom stereocenters. The van der Waals surface area contributed by atoms with Gasteiger partial charge in [-0.15, -0.1) is 13.2 Å². The summed E-state index contributed by atoms with van der Waals surface area (Å²) in [5, 5.41) is 0. The van der Waals surface area contributed by atoms with E-state index in [-0.39, 0.29) is 5.56 Å². The van der Waals surface area contributed by atoms with Crippen molar-refractivity contribution in [1.82, 2.24) is 0 Å². The average Bonchev–Trinajstić information content (AvgIpc) is 2.50. The summed E-state index contributed by atoms with van der Waals surface area (Å²) in [6.07, 6.45) is -1.54. The third-order valence-corrected chi connectivity index (χ3v) is 2.92.